The molecule has 0 aliphatic carbocycles. The number of aromatic nitrogens is 1. The molecule has 0 fully saturated rings. The van der Waals surface area contributed by atoms with Gasteiger partial charge in [-0.3, -0.25) is 0 Å². The summed E-state index contributed by atoms with van der Waals surface area (Å²) in [5.74, 6) is 0.921. The molecule has 2 aromatic carbocycles. The zero-order chi connectivity index (χ0) is 16.1. The van der Waals surface area contributed by atoms with E-state index in [4.69, 9.17) is 4.74 Å². The van der Waals surface area contributed by atoms with Crippen molar-refractivity contribution < 1.29 is 4.74 Å². The van der Waals surface area contributed by atoms with E-state index in [-0.39, 0.29) is 0 Å². The molecule has 0 amide bonds. The Balaban J connectivity index is 1.73. The Kier molecular flexibility index (Phi) is 4.99. The van der Waals surface area contributed by atoms with Crippen LogP contribution in [0.3, 0.4) is 0 Å². The zero-order valence-electron chi connectivity index (χ0n) is 13.9. The third-order valence-corrected chi connectivity index (χ3v) is 4.05. The third-order valence-electron chi connectivity index (χ3n) is 4.05. The molecule has 1 N–H and O–H groups in total. The van der Waals surface area contributed by atoms with Gasteiger partial charge in [-0.25, -0.2) is 0 Å². The van der Waals surface area contributed by atoms with Gasteiger partial charge >= 0.3 is 0 Å². The van der Waals surface area contributed by atoms with Crippen molar-refractivity contribution in [1.82, 2.24) is 9.88 Å². The molecule has 1 heterocycles. The van der Waals surface area contributed by atoms with E-state index in [1.807, 2.05) is 24.3 Å². The Morgan fingerprint density at radius 3 is 2.61 bits per heavy atom. The molecule has 3 aromatic rings. The van der Waals surface area contributed by atoms with Crippen LogP contribution >= 0.6 is 0 Å². The molecule has 0 spiro atoms. The number of hydrogen-bond donors (Lipinski definition) is 1. The summed E-state index contributed by atoms with van der Waals surface area (Å²) in [6.07, 6.45) is 4.37. The standard InChI is InChI=1S/C20H24N2O/c1-22(2)13-7-10-17-14-21-20-18(17)11-6-12-19(20)23-15-16-8-4-3-5-9-16/h3-6,8-9,11-12,14,21H,7,10,13,15H2,1-2H3. The van der Waals surface area contributed by atoms with Crippen LogP contribution in [0.5, 0.6) is 5.75 Å². The number of nitrogens with zero attached hydrogens (tertiary/aromatic N) is 1. The molecule has 0 saturated heterocycles. The molecule has 3 nitrogen and oxygen atoms in total. The van der Waals surface area contributed by atoms with Crippen molar-refractivity contribution in [2.24, 2.45) is 0 Å². The number of aromatic amines is 1. The van der Waals surface area contributed by atoms with Crippen LogP contribution in [0, 0.1) is 0 Å². The highest BCUT2D eigenvalue weighted by molar-refractivity contribution is 5.88. The molecule has 0 aliphatic rings. The largest absolute Gasteiger partial charge is 0.487 e. The summed E-state index contributed by atoms with van der Waals surface area (Å²) in [7, 11) is 4.23. The van der Waals surface area contributed by atoms with E-state index < -0.39 is 0 Å². The minimum absolute atomic E-state index is 0.592. The van der Waals surface area contributed by atoms with Gasteiger partial charge in [0.05, 0.1) is 5.52 Å². The highest BCUT2D eigenvalue weighted by atomic mass is 16.5. The predicted octanol–water partition coefficient (Wildman–Crippen LogP) is 4.24. The SMILES string of the molecule is CN(C)CCCc1c[nH]c2c(OCc3ccccc3)cccc12. The first-order chi connectivity index (χ1) is 11.2. The number of fused-ring (bicyclic) bond motifs is 1. The molecule has 120 valence electrons. The van der Waals surface area contributed by atoms with Crippen molar-refractivity contribution in [2.45, 2.75) is 19.4 Å². The summed E-state index contributed by atoms with van der Waals surface area (Å²) in [4.78, 5) is 5.62. The molecule has 0 atom stereocenters. The summed E-state index contributed by atoms with van der Waals surface area (Å²) in [5, 5.41) is 1.27. The first kappa shape index (κ1) is 15.6. The minimum Gasteiger partial charge on any atom is -0.487 e. The summed E-state index contributed by atoms with van der Waals surface area (Å²) in [6.45, 7) is 1.70. The van der Waals surface area contributed by atoms with Crippen molar-refractivity contribution in [2.75, 3.05) is 20.6 Å². The molecule has 3 heteroatoms. The zero-order valence-corrected chi connectivity index (χ0v) is 13.9. The van der Waals surface area contributed by atoms with Gasteiger partial charge in [0.25, 0.3) is 0 Å². The quantitative estimate of drug-likeness (QED) is 0.707. The molecular formula is C20H24N2O. The van der Waals surface area contributed by atoms with Gasteiger partial charge in [0.2, 0.25) is 0 Å². The van der Waals surface area contributed by atoms with Gasteiger partial charge in [-0.05, 0) is 50.7 Å². The lowest BCUT2D eigenvalue weighted by Gasteiger charge is -2.09. The topological polar surface area (TPSA) is 28.3 Å². The van der Waals surface area contributed by atoms with Gasteiger partial charge in [-0.15, -0.1) is 0 Å². The average molecular weight is 308 g/mol. The summed E-state index contributed by atoms with van der Waals surface area (Å²) in [6, 6.07) is 16.6. The maximum Gasteiger partial charge on any atom is 0.143 e. The monoisotopic (exact) mass is 308 g/mol. The van der Waals surface area contributed by atoms with Crippen molar-refractivity contribution in [3.63, 3.8) is 0 Å². The van der Waals surface area contributed by atoms with Gasteiger partial charge in [0, 0.05) is 11.6 Å². The number of aryl methyl sites for hydroxylation is 1. The molecule has 0 aliphatic heterocycles. The lowest BCUT2D eigenvalue weighted by atomic mass is 10.1. The maximum absolute atomic E-state index is 6.02. The Morgan fingerprint density at radius 1 is 1.00 bits per heavy atom. The van der Waals surface area contributed by atoms with E-state index in [1.165, 1.54) is 16.5 Å². The Bertz CT molecular complexity index is 747. The fraction of sp³-hybridized carbons (Fsp3) is 0.300. The van der Waals surface area contributed by atoms with Gasteiger partial charge in [0.15, 0.2) is 0 Å². The van der Waals surface area contributed by atoms with Crippen LogP contribution in [0.25, 0.3) is 10.9 Å². The molecule has 3 rings (SSSR count). The van der Waals surface area contributed by atoms with E-state index in [0.29, 0.717) is 6.61 Å². The molecule has 23 heavy (non-hydrogen) atoms. The van der Waals surface area contributed by atoms with Gasteiger partial charge in [0.1, 0.15) is 12.4 Å². The van der Waals surface area contributed by atoms with Crippen LogP contribution in [0.4, 0.5) is 0 Å². The summed E-state index contributed by atoms with van der Waals surface area (Å²) < 4.78 is 6.02. The Morgan fingerprint density at radius 2 is 1.83 bits per heavy atom. The second-order valence-electron chi connectivity index (χ2n) is 6.17. The predicted molar refractivity (Wildman–Crippen MR) is 95.9 cm³/mol. The average Bonchev–Trinajstić information content (AvgIpc) is 2.97. The van der Waals surface area contributed by atoms with Crippen molar-refractivity contribution in [3.8, 4) is 5.75 Å². The van der Waals surface area contributed by atoms with E-state index in [9.17, 15) is 0 Å². The fourth-order valence-corrected chi connectivity index (χ4v) is 2.83. The van der Waals surface area contributed by atoms with Gasteiger partial charge in [-0.1, -0.05) is 42.5 Å². The Hall–Kier alpha value is -2.26. The van der Waals surface area contributed by atoms with Crippen molar-refractivity contribution >= 4 is 10.9 Å². The number of para-hydroxylation sites is 1. The van der Waals surface area contributed by atoms with Crippen LogP contribution in [0.15, 0.2) is 54.7 Å². The first-order valence-electron chi connectivity index (χ1n) is 8.14. The molecule has 0 radical (unpaired) electrons. The van der Waals surface area contributed by atoms with E-state index in [2.05, 4.69) is 54.4 Å². The Labute approximate surface area is 137 Å². The van der Waals surface area contributed by atoms with Gasteiger partial charge < -0.3 is 14.6 Å². The van der Waals surface area contributed by atoms with Crippen LogP contribution < -0.4 is 4.74 Å². The number of nitrogens with one attached hydrogen (secondary N) is 1. The number of H-pyrrole nitrogens is 1. The minimum atomic E-state index is 0.592. The van der Waals surface area contributed by atoms with Crippen LogP contribution in [-0.4, -0.2) is 30.5 Å². The number of rotatable bonds is 7. The number of hydrogen-bond acceptors (Lipinski definition) is 2. The van der Waals surface area contributed by atoms with Gasteiger partial charge in [-0.2, -0.15) is 0 Å². The van der Waals surface area contributed by atoms with Crippen LogP contribution in [-0.2, 0) is 13.0 Å². The second kappa shape index (κ2) is 7.34. The molecule has 0 bridgehead atoms. The smallest absolute Gasteiger partial charge is 0.143 e. The summed E-state index contributed by atoms with van der Waals surface area (Å²) >= 11 is 0. The van der Waals surface area contributed by atoms with Crippen LogP contribution in [0.1, 0.15) is 17.5 Å². The fourth-order valence-electron chi connectivity index (χ4n) is 2.83. The van der Waals surface area contributed by atoms with E-state index in [0.717, 1.165) is 30.7 Å². The molecule has 0 unspecified atom stereocenters. The van der Waals surface area contributed by atoms with E-state index >= 15 is 0 Å². The number of benzene rings is 2. The van der Waals surface area contributed by atoms with Crippen LogP contribution in [0.2, 0.25) is 0 Å². The van der Waals surface area contributed by atoms with E-state index in [1.54, 1.807) is 0 Å². The lowest BCUT2D eigenvalue weighted by molar-refractivity contribution is 0.309. The van der Waals surface area contributed by atoms with Crippen molar-refractivity contribution in [1.29, 1.82) is 0 Å². The molecular weight excluding hydrogens is 284 g/mol. The second-order valence-corrected chi connectivity index (χ2v) is 6.17. The summed E-state index contributed by atoms with van der Waals surface area (Å²) in [5.41, 5.74) is 3.65. The normalized spacial score (nSPS) is 11.3. The van der Waals surface area contributed by atoms with Crippen molar-refractivity contribution in [3.05, 3.63) is 65.9 Å². The highest BCUT2D eigenvalue weighted by Crippen LogP contribution is 2.28. The number of ether oxygens (including phenoxy) is 1. The highest BCUT2D eigenvalue weighted by Gasteiger charge is 2.08. The lowest BCUT2D eigenvalue weighted by Crippen LogP contribution is -2.13. The maximum atomic E-state index is 6.02. The molecule has 1 aromatic heterocycles. The molecule has 0 saturated carbocycles. The third kappa shape index (κ3) is 3.93. The first-order valence-corrected chi connectivity index (χ1v) is 8.14.